The van der Waals surface area contributed by atoms with Gasteiger partial charge < -0.3 is 9.47 Å². The summed E-state index contributed by atoms with van der Waals surface area (Å²) in [5.41, 5.74) is 0.429. The van der Waals surface area contributed by atoms with Crippen LogP contribution in [0.25, 0.3) is 0 Å². The molecule has 0 atom stereocenters. The van der Waals surface area contributed by atoms with Gasteiger partial charge in [0.1, 0.15) is 0 Å². The van der Waals surface area contributed by atoms with E-state index in [9.17, 15) is 18.0 Å². The van der Waals surface area contributed by atoms with Gasteiger partial charge in [-0.05, 0) is 35.1 Å². The summed E-state index contributed by atoms with van der Waals surface area (Å²) >= 11 is 1.62. The molecule has 0 saturated carbocycles. The fraction of sp³-hybridized carbons (Fsp3) is 0.333. The molecule has 0 amide bonds. The van der Waals surface area contributed by atoms with Gasteiger partial charge in [0.2, 0.25) is 5.88 Å². The van der Waals surface area contributed by atoms with Crippen molar-refractivity contribution in [2.45, 2.75) is 13.3 Å². The number of methoxy groups -OCH3 is 1. The summed E-state index contributed by atoms with van der Waals surface area (Å²) in [6.45, 7) is 1.49. The Bertz CT molecular complexity index is 448. The molecule has 0 unspecified atom stereocenters. The van der Waals surface area contributed by atoms with Crippen molar-refractivity contribution in [3.63, 3.8) is 0 Å². The number of hydrogen-bond acceptors (Lipinski definition) is 4. The van der Waals surface area contributed by atoms with Gasteiger partial charge in [-0.1, -0.05) is 0 Å². The molecule has 4 nitrogen and oxygen atoms in total. The van der Waals surface area contributed by atoms with E-state index >= 15 is 0 Å². The van der Waals surface area contributed by atoms with Gasteiger partial charge >= 0.3 is 12.3 Å². The standard InChI is InChI=1S/C9H7F3INO3/c1-4-5(8(15)16-2)3-14-7(6(4)13)17-9(10,11)12/h3H,1-2H3. The summed E-state index contributed by atoms with van der Waals surface area (Å²) in [7, 11) is 1.18. The maximum atomic E-state index is 12.0. The van der Waals surface area contributed by atoms with Crippen LogP contribution < -0.4 is 4.74 Å². The van der Waals surface area contributed by atoms with Crippen molar-refractivity contribution in [1.82, 2.24) is 4.98 Å². The fourth-order valence-electron chi connectivity index (χ4n) is 1.05. The minimum atomic E-state index is -4.81. The fourth-order valence-corrected chi connectivity index (χ4v) is 1.59. The van der Waals surface area contributed by atoms with Crippen molar-refractivity contribution >= 4 is 28.6 Å². The number of ether oxygens (including phenoxy) is 2. The Labute approximate surface area is 108 Å². The minimum Gasteiger partial charge on any atom is -0.465 e. The Morgan fingerprint density at radius 1 is 1.47 bits per heavy atom. The molecule has 1 rings (SSSR count). The van der Waals surface area contributed by atoms with Gasteiger partial charge in [-0.25, -0.2) is 9.78 Å². The van der Waals surface area contributed by atoms with E-state index in [-0.39, 0.29) is 9.13 Å². The summed E-state index contributed by atoms with van der Waals surface area (Å²) in [4.78, 5) is 14.7. The van der Waals surface area contributed by atoms with Crippen LogP contribution in [0.1, 0.15) is 15.9 Å². The maximum absolute atomic E-state index is 12.0. The van der Waals surface area contributed by atoms with E-state index in [1.165, 1.54) is 14.0 Å². The van der Waals surface area contributed by atoms with Gasteiger partial charge in [-0.15, -0.1) is 13.2 Å². The highest BCUT2D eigenvalue weighted by atomic mass is 127. The molecule has 0 aliphatic rings. The van der Waals surface area contributed by atoms with Crippen LogP contribution in [-0.4, -0.2) is 24.4 Å². The van der Waals surface area contributed by atoms with Crippen LogP contribution in [0.15, 0.2) is 6.20 Å². The zero-order valence-electron chi connectivity index (χ0n) is 8.76. The molecule has 0 spiro atoms. The molecule has 0 aliphatic heterocycles. The number of carbonyl (C=O) groups excluding carboxylic acids is 1. The topological polar surface area (TPSA) is 48.4 Å². The van der Waals surface area contributed by atoms with E-state index in [1.807, 2.05) is 0 Å². The number of halogens is 4. The molecule has 94 valence electrons. The average Bonchev–Trinajstić information content (AvgIpc) is 2.22. The normalized spacial score (nSPS) is 11.2. The van der Waals surface area contributed by atoms with Crippen LogP contribution in [0.3, 0.4) is 0 Å². The number of hydrogen-bond donors (Lipinski definition) is 0. The summed E-state index contributed by atoms with van der Waals surface area (Å²) in [6.07, 6.45) is -3.82. The van der Waals surface area contributed by atoms with Crippen molar-refractivity contribution in [2.24, 2.45) is 0 Å². The quantitative estimate of drug-likeness (QED) is 0.601. The molecule has 8 heteroatoms. The van der Waals surface area contributed by atoms with Crippen LogP contribution >= 0.6 is 22.6 Å². The van der Waals surface area contributed by atoms with Gasteiger partial charge in [0.25, 0.3) is 0 Å². The molecule has 1 aromatic rings. The van der Waals surface area contributed by atoms with Crippen LogP contribution in [0, 0.1) is 10.5 Å². The predicted octanol–water partition coefficient (Wildman–Crippen LogP) is 2.68. The SMILES string of the molecule is COC(=O)c1cnc(OC(F)(F)F)c(I)c1C. The van der Waals surface area contributed by atoms with Crippen molar-refractivity contribution in [3.8, 4) is 5.88 Å². The first-order valence-corrected chi connectivity index (χ1v) is 5.33. The van der Waals surface area contributed by atoms with Crippen LogP contribution in [0.2, 0.25) is 0 Å². The molecular weight excluding hydrogens is 354 g/mol. The lowest BCUT2D eigenvalue weighted by Crippen LogP contribution is -2.19. The predicted molar refractivity (Wildman–Crippen MR) is 59.7 cm³/mol. The first kappa shape index (κ1) is 14.0. The molecular formula is C9H7F3INO3. The smallest absolute Gasteiger partial charge is 0.465 e. The van der Waals surface area contributed by atoms with Gasteiger partial charge in [0, 0.05) is 6.20 Å². The Hall–Kier alpha value is -1.06. The van der Waals surface area contributed by atoms with Crippen molar-refractivity contribution in [3.05, 3.63) is 20.9 Å². The minimum absolute atomic E-state index is 0.103. The van der Waals surface area contributed by atoms with Crippen LogP contribution in [0.4, 0.5) is 13.2 Å². The van der Waals surface area contributed by atoms with Gasteiger partial charge in [0.05, 0.1) is 16.2 Å². The Morgan fingerprint density at radius 2 is 2.06 bits per heavy atom. The third-order valence-corrected chi connectivity index (χ3v) is 3.12. The lowest BCUT2D eigenvalue weighted by Gasteiger charge is -2.12. The zero-order valence-corrected chi connectivity index (χ0v) is 10.9. The summed E-state index contributed by atoms with van der Waals surface area (Å²) in [6, 6.07) is 0. The molecule has 1 aromatic heterocycles. The Morgan fingerprint density at radius 3 is 2.53 bits per heavy atom. The third-order valence-electron chi connectivity index (χ3n) is 1.85. The number of carbonyl (C=O) groups is 1. The molecule has 0 aromatic carbocycles. The van der Waals surface area contributed by atoms with Crippen LogP contribution in [-0.2, 0) is 4.74 Å². The monoisotopic (exact) mass is 361 g/mol. The summed E-state index contributed by atoms with van der Waals surface area (Å²) in [5, 5.41) is 0. The van der Waals surface area contributed by atoms with Gasteiger partial charge in [-0.3, -0.25) is 0 Å². The number of pyridine rings is 1. The first-order valence-electron chi connectivity index (χ1n) is 4.25. The van der Waals surface area contributed by atoms with E-state index < -0.39 is 18.2 Å². The Kier molecular flexibility index (Phi) is 4.17. The van der Waals surface area contributed by atoms with Gasteiger partial charge in [-0.2, -0.15) is 0 Å². The number of rotatable bonds is 2. The lowest BCUT2D eigenvalue weighted by atomic mass is 10.1. The molecule has 17 heavy (non-hydrogen) atoms. The lowest BCUT2D eigenvalue weighted by molar-refractivity contribution is -0.276. The van der Waals surface area contributed by atoms with Crippen molar-refractivity contribution in [1.29, 1.82) is 0 Å². The number of nitrogens with zero attached hydrogens (tertiary/aromatic N) is 1. The number of esters is 1. The van der Waals surface area contributed by atoms with Crippen LogP contribution in [0.5, 0.6) is 5.88 Å². The molecule has 0 bridgehead atoms. The van der Waals surface area contributed by atoms with E-state index in [0.717, 1.165) is 6.20 Å². The zero-order chi connectivity index (χ0) is 13.2. The summed E-state index contributed by atoms with van der Waals surface area (Å²) < 4.78 is 44.4. The highest BCUT2D eigenvalue weighted by molar-refractivity contribution is 14.1. The molecule has 0 fully saturated rings. The summed E-state index contributed by atoms with van der Waals surface area (Å²) in [5.74, 6) is -1.24. The van der Waals surface area contributed by atoms with E-state index in [1.54, 1.807) is 22.6 Å². The number of aromatic nitrogens is 1. The van der Waals surface area contributed by atoms with E-state index in [2.05, 4.69) is 14.5 Å². The van der Waals surface area contributed by atoms with Crippen molar-refractivity contribution < 1.29 is 27.4 Å². The second kappa shape index (κ2) is 5.07. The highest BCUT2D eigenvalue weighted by Crippen LogP contribution is 2.29. The van der Waals surface area contributed by atoms with Crippen molar-refractivity contribution in [2.75, 3.05) is 7.11 Å². The largest absolute Gasteiger partial charge is 0.574 e. The first-order chi connectivity index (χ1) is 7.76. The number of alkyl halides is 3. The van der Waals surface area contributed by atoms with Gasteiger partial charge in [0.15, 0.2) is 0 Å². The van der Waals surface area contributed by atoms with E-state index in [4.69, 9.17) is 0 Å². The molecule has 0 N–H and O–H groups in total. The van der Waals surface area contributed by atoms with E-state index in [0.29, 0.717) is 5.56 Å². The molecule has 1 heterocycles. The second-order valence-corrected chi connectivity index (χ2v) is 4.03. The highest BCUT2D eigenvalue weighted by Gasteiger charge is 2.33. The molecule has 0 aliphatic carbocycles. The molecule has 0 radical (unpaired) electrons. The molecule has 0 saturated heterocycles. The third kappa shape index (κ3) is 3.45. The maximum Gasteiger partial charge on any atom is 0.574 e. The average molecular weight is 361 g/mol. The second-order valence-electron chi connectivity index (χ2n) is 2.96. The Balaban J connectivity index is 3.15.